The van der Waals surface area contributed by atoms with Crippen molar-refractivity contribution in [2.24, 2.45) is 5.92 Å². The van der Waals surface area contributed by atoms with Crippen LogP contribution in [0.3, 0.4) is 0 Å². The van der Waals surface area contributed by atoms with Crippen molar-refractivity contribution >= 4 is 5.69 Å². The van der Waals surface area contributed by atoms with Crippen molar-refractivity contribution in [1.82, 2.24) is 4.90 Å². The van der Waals surface area contributed by atoms with E-state index in [-0.39, 0.29) is 0 Å². The number of hydrogen-bond acceptors (Lipinski definition) is 2. The molecule has 1 aromatic carbocycles. The predicted octanol–water partition coefficient (Wildman–Crippen LogP) is 3.42. The van der Waals surface area contributed by atoms with Crippen molar-refractivity contribution in [3.05, 3.63) is 29.3 Å². The van der Waals surface area contributed by atoms with Gasteiger partial charge in [-0.1, -0.05) is 25.0 Å². The Bertz CT molecular complexity index is 468. The molecule has 1 N–H and O–H groups in total. The van der Waals surface area contributed by atoms with Gasteiger partial charge in [0.1, 0.15) is 0 Å². The first-order valence-electron chi connectivity index (χ1n) is 8.00. The first kappa shape index (κ1) is 11.8. The lowest BCUT2D eigenvalue weighted by molar-refractivity contribution is 0.176. The maximum absolute atomic E-state index is 3.50. The Morgan fingerprint density at radius 2 is 2.11 bits per heavy atom. The summed E-state index contributed by atoms with van der Waals surface area (Å²) in [5.74, 6) is 1.00. The monoisotopic (exact) mass is 256 g/mol. The third kappa shape index (κ3) is 2.16. The molecule has 0 bridgehead atoms. The Kier molecular flexibility index (Phi) is 2.99. The summed E-state index contributed by atoms with van der Waals surface area (Å²) in [5.41, 5.74) is 4.39. The zero-order valence-corrected chi connectivity index (χ0v) is 11.7. The van der Waals surface area contributed by atoms with E-state index in [2.05, 4.69) is 28.4 Å². The van der Waals surface area contributed by atoms with Gasteiger partial charge < -0.3 is 5.32 Å². The maximum atomic E-state index is 3.50. The second-order valence-electron chi connectivity index (χ2n) is 6.54. The molecule has 2 unspecified atom stereocenters. The quantitative estimate of drug-likeness (QED) is 0.872. The van der Waals surface area contributed by atoms with Crippen molar-refractivity contribution in [1.29, 1.82) is 0 Å². The molecule has 1 saturated heterocycles. The fraction of sp³-hybridized carbons (Fsp3) is 0.647. The highest BCUT2D eigenvalue weighted by Gasteiger charge is 2.35. The number of benzene rings is 1. The Balaban J connectivity index is 1.49. The number of anilines is 1. The van der Waals surface area contributed by atoms with Crippen molar-refractivity contribution in [2.75, 3.05) is 18.4 Å². The van der Waals surface area contributed by atoms with Gasteiger partial charge in [-0.3, -0.25) is 4.90 Å². The van der Waals surface area contributed by atoms with Crippen molar-refractivity contribution in [2.45, 2.75) is 51.1 Å². The highest BCUT2D eigenvalue weighted by atomic mass is 15.2. The third-order valence-electron chi connectivity index (χ3n) is 5.39. The summed E-state index contributed by atoms with van der Waals surface area (Å²) in [6.45, 7) is 3.60. The molecular weight excluding hydrogens is 232 g/mol. The molecule has 19 heavy (non-hydrogen) atoms. The van der Waals surface area contributed by atoms with E-state index in [4.69, 9.17) is 0 Å². The molecule has 2 heterocycles. The molecule has 102 valence electrons. The molecule has 2 heteroatoms. The molecule has 0 radical (unpaired) electrons. The van der Waals surface area contributed by atoms with Crippen LogP contribution in [0.5, 0.6) is 0 Å². The van der Waals surface area contributed by atoms with Gasteiger partial charge in [0, 0.05) is 24.8 Å². The zero-order chi connectivity index (χ0) is 12.7. The molecule has 0 aromatic heterocycles. The van der Waals surface area contributed by atoms with Crippen molar-refractivity contribution < 1.29 is 0 Å². The first-order valence-corrected chi connectivity index (χ1v) is 8.00. The van der Waals surface area contributed by atoms with E-state index in [1.807, 2.05) is 0 Å². The van der Waals surface area contributed by atoms with E-state index in [0.29, 0.717) is 0 Å². The van der Waals surface area contributed by atoms with Crippen LogP contribution in [0.25, 0.3) is 0 Å². The normalized spacial score (nSPS) is 29.9. The number of likely N-dealkylation sites (tertiary alicyclic amines) is 1. The number of rotatable bonds is 2. The Morgan fingerprint density at radius 1 is 1.16 bits per heavy atom. The first-order chi connectivity index (χ1) is 9.40. The smallest absolute Gasteiger partial charge is 0.0376 e. The molecule has 2 aliphatic heterocycles. The van der Waals surface area contributed by atoms with E-state index in [0.717, 1.165) is 25.0 Å². The van der Waals surface area contributed by atoms with Gasteiger partial charge in [-0.15, -0.1) is 0 Å². The van der Waals surface area contributed by atoms with Crippen LogP contribution in [0.1, 0.15) is 43.2 Å². The highest BCUT2D eigenvalue weighted by Crippen LogP contribution is 2.37. The van der Waals surface area contributed by atoms with Crippen LogP contribution in [-0.4, -0.2) is 24.0 Å². The molecule has 2 nitrogen and oxygen atoms in total. The van der Waals surface area contributed by atoms with Crippen LogP contribution in [0, 0.1) is 5.92 Å². The average Bonchev–Trinajstić information content (AvgIpc) is 3.06. The second-order valence-corrected chi connectivity index (χ2v) is 6.54. The zero-order valence-electron chi connectivity index (χ0n) is 11.7. The van der Waals surface area contributed by atoms with Crippen molar-refractivity contribution in [3.8, 4) is 0 Å². The van der Waals surface area contributed by atoms with Gasteiger partial charge in [-0.25, -0.2) is 0 Å². The molecule has 1 aliphatic carbocycles. The number of nitrogens with zero attached hydrogens (tertiary/aromatic N) is 1. The molecule has 0 spiro atoms. The topological polar surface area (TPSA) is 15.3 Å². The van der Waals surface area contributed by atoms with Crippen LogP contribution in [0.4, 0.5) is 5.69 Å². The summed E-state index contributed by atoms with van der Waals surface area (Å²) in [5, 5.41) is 3.50. The molecule has 0 amide bonds. The van der Waals surface area contributed by atoms with Gasteiger partial charge in [0.2, 0.25) is 0 Å². The maximum Gasteiger partial charge on any atom is 0.0376 e. The van der Waals surface area contributed by atoms with Crippen LogP contribution in [0.15, 0.2) is 18.2 Å². The summed E-state index contributed by atoms with van der Waals surface area (Å²) in [7, 11) is 0. The van der Waals surface area contributed by atoms with Gasteiger partial charge in [0.05, 0.1) is 0 Å². The minimum atomic E-state index is 0.884. The summed E-state index contributed by atoms with van der Waals surface area (Å²) < 4.78 is 0. The average molecular weight is 256 g/mol. The van der Waals surface area contributed by atoms with E-state index < -0.39 is 0 Å². The van der Waals surface area contributed by atoms with Crippen LogP contribution < -0.4 is 5.32 Å². The lowest BCUT2D eigenvalue weighted by atomic mass is 9.85. The molecule has 1 saturated carbocycles. The largest absolute Gasteiger partial charge is 0.384 e. The molecule has 1 aromatic rings. The van der Waals surface area contributed by atoms with Crippen LogP contribution in [-0.2, 0) is 13.0 Å². The van der Waals surface area contributed by atoms with Gasteiger partial charge in [-0.2, -0.15) is 0 Å². The molecule has 3 aliphatic rings. The Morgan fingerprint density at radius 3 is 3.11 bits per heavy atom. The Hall–Kier alpha value is -1.02. The van der Waals surface area contributed by atoms with E-state index in [1.54, 1.807) is 0 Å². The summed E-state index contributed by atoms with van der Waals surface area (Å²) in [6.07, 6.45) is 8.47. The third-order valence-corrected chi connectivity index (χ3v) is 5.39. The SMILES string of the molecule is c1cc2c(cc1CN1CCC3CCCCC31)NCC2. The molecular formula is C17H24N2. The number of fused-ring (bicyclic) bond motifs is 2. The molecule has 2 atom stereocenters. The predicted molar refractivity (Wildman–Crippen MR) is 79.4 cm³/mol. The fourth-order valence-corrected chi connectivity index (χ4v) is 4.37. The minimum absolute atomic E-state index is 0.884. The number of hydrogen-bond donors (Lipinski definition) is 1. The summed E-state index contributed by atoms with van der Waals surface area (Å²) in [6, 6.07) is 7.95. The summed E-state index contributed by atoms with van der Waals surface area (Å²) >= 11 is 0. The van der Waals surface area contributed by atoms with Gasteiger partial charge in [0.25, 0.3) is 0 Å². The van der Waals surface area contributed by atoms with Crippen LogP contribution >= 0.6 is 0 Å². The number of nitrogens with one attached hydrogen (secondary N) is 1. The standard InChI is InChI=1S/C17H24N2/c1-2-4-17-15(3-1)8-10-19(17)12-13-5-6-14-7-9-18-16(14)11-13/h5-6,11,15,17-18H,1-4,7-10,12H2. The Labute approximate surface area is 116 Å². The molecule has 2 fully saturated rings. The fourth-order valence-electron chi connectivity index (χ4n) is 4.37. The highest BCUT2D eigenvalue weighted by molar-refractivity contribution is 5.57. The van der Waals surface area contributed by atoms with Crippen molar-refractivity contribution in [3.63, 3.8) is 0 Å². The molecule has 4 rings (SSSR count). The van der Waals surface area contributed by atoms with Crippen LogP contribution in [0.2, 0.25) is 0 Å². The van der Waals surface area contributed by atoms with E-state index in [9.17, 15) is 0 Å². The minimum Gasteiger partial charge on any atom is -0.384 e. The van der Waals surface area contributed by atoms with Gasteiger partial charge in [-0.05, 0) is 55.3 Å². The lowest BCUT2D eigenvalue weighted by Gasteiger charge is -2.31. The van der Waals surface area contributed by atoms with Gasteiger partial charge >= 0.3 is 0 Å². The second kappa shape index (κ2) is 4.82. The lowest BCUT2D eigenvalue weighted by Crippen LogP contribution is -2.34. The van der Waals surface area contributed by atoms with E-state index in [1.165, 1.54) is 61.9 Å². The van der Waals surface area contributed by atoms with Gasteiger partial charge in [0.15, 0.2) is 0 Å². The summed E-state index contributed by atoms with van der Waals surface area (Å²) in [4.78, 5) is 2.75. The van der Waals surface area contributed by atoms with E-state index >= 15 is 0 Å².